The standard InChI is InChI=1S/C15H18FNO6/c1-21-10-7-12(23-3)11(22-2)6-9(10)13(18)17-5-4-15(16,8-17)14(19)20/h6-7H,4-5,8H2,1-3H3,(H,19,20). The van der Waals surface area contributed by atoms with Gasteiger partial charge in [-0.15, -0.1) is 0 Å². The fourth-order valence-corrected chi connectivity index (χ4v) is 2.49. The maximum atomic E-state index is 14.1. The third kappa shape index (κ3) is 3.01. The van der Waals surface area contributed by atoms with Crippen molar-refractivity contribution in [2.45, 2.75) is 12.1 Å². The molecule has 8 heteroatoms. The summed E-state index contributed by atoms with van der Waals surface area (Å²) in [6.07, 6.45) is -0.246. The maximum absolute atomic E-state index is 14.1. The molecular formula is C15H18FNO6. The second kappa shape index (κ2) is 6.31. The number of ether oxygens (including phenoxy) is 3. The molecule has 1 aliphatic rings. The monoisotopic (exact) mass is 327 g/mol. The number of amides is 1. The third-order valence-electron chi connectivity index (χ3n) is 3.83. The van der Waals surface area contributed by atoms with Gasteiger partial charge in [0.15, 0.2) is 11.5 Å². The molecule has 1 unspecified atom stereocenters. The Kier molecular flexibility index (Phi) is 4.63. The van der Waals surface area contributed by atoms with Crippen molar-refractivity contribution in [3.63, 3.8) is 0 Å². The molecule has 1 aliphatic heterocycles. The normalized spacial score (nSPS) is 20.3. The van der Waals surface area contributed by atoms with Crippen LogP contribution >= 0.6 is 0 Å². The van der Waals surface area contributed by atoms with Crippen LogP contribution in [-0.4, -0.2) is 62.0 Å². The lowest BCUT2D eigenvalue weighted by Gasteiger charge is -2.20. The van der Waals surface area contributed by atoms with E-state index >= 15 is 0 Å². The number of methoxy groups -OCH3 is 3. The second-order valence-electron chi connectivity index (χ2n) is 5.15. The molecule has 1 amide bonds. The van der Waals surface area contributed by atoms with Crippen LogP contribution in [0.4, 0.5) is 4.39 Å². The number of carboxylic acid groups (broad SMARTS) is 1. The summed E-state index contributed by atoms with van der Waals surface area (Å²) in [6, 6.07) is 2.92. The number of hydrogen-bond acceptors (Lipinski definition) is 5. The number of nitrogens with zero attached hydrogens (tertiary/aromatic N) is 1. The first-order valence-corrected chi connectivity index (χ1v) is 6.88. The minimum absolute atomic E-state index is 0.0130. The van der Waals surface area contributed by atoms with Gasteiger partial charge in [-0.1, -0.05) is 0 Å². The molecule has 1 N–H and O–H groups in total. The number of carbonyl (C=O) groups excluding carboxylic acids is 1. The number of rotatable bonds is 5. The molecule has 0 aliphatic carbocycles. The van der Waals surface area contributed by atoms with Crippen molar-refractivity contribution in [1.29, 1.82) is 0 Å². The molecule has 0 aromatic heterocycles. The van der Waals surface area contributed by atoms with E-state index in [2.05, 4.69) is 0 Å². The molecule has 0 spiro atoms. The van der Waals surface area contributed by atoms with E-state index in [9.17, 15) is 14.0 Å². The first-order valence-electron chi connectivity index (χ1n) is 6.88. The summed E-state index contributed by atoms with van der Waals surface area (Å²) >= 11 is 0. The highest BCUT2D eigenvalue weighted by molar-refractivity contribution is 5.98. The first-order chi connectivity index (χ1) is 10.9. The van der Waals surface area contributed by atoms with Crippen LogP contribution in [0.15, 0.2) is 12.1 Å². The molecule has 0 saturated carbocycles. The van der Waals surface area contributed by atoms with E-state index in [1.165, 1.54) is 33.5 Å². The number of halogens is 1. The van der Waals surface area contributed by atoms with Gasteiger partial charge in [0.05, 0.1) is 33.4 Å². The van der Waals surface area contributed by atoms with Crippen LogP contribution in [0.3, 0.4) is 0 Å². The summed E-state index contributed by atoms with van der Waals surface area (Å²) in [5.41, 5.74) is -2.26. The molecule has 2 rings (SSSR count). The van der Waals surface area contributed by atoms with Crippen molar-refractivity contribution in [3.05, 3.63) is 17.7 Å². The molecule has 0 bridgehead atoms. The lowest BCUT2D eigenvalue weighted by molar-refractivity contribution is -0.149. The molecular weight excluding hydrogens is 309 g/mol. The quantitative estimate of drug-likeness (QED) is 0.879. The van der Waals surface area contributed by atoms with Crippen molar-refractivity contribution in [1.82, 2.24) is 4.90 Å². The molecule has 126 valence electrons. The molecule has 1 aromatic carbocycles. The van der Waals surface area contributed by atoms with Gasteiger partial charge in [0.2, 0.25) is 5.67 Å². The van der Waals surface area contributed by atoms with Gasteiger partial charge in [-0.05, 0) is 0 Å². The molecule has 7 nitrogen and oxygen atoms in total. The number of aliphatic carboxylic acids is 1. The summed E-state index contributed by atoms with van der Waals surface area (Å²) in [6.45, 7) is -0.488. The van der Waals surface area contributed by atoms with E-state index < -0.39 is 24.1 Å². The van der Waals surface area contributed by atoms with Crippen LogP contribution in [-0.2, 0) is 4.79 Å². The zero-order chi connectivity index (χ0) is 17.2. The van der Waals surface area contributed by atoms with Gasteiger partial charge in [-0.3, -0.25) is 4.79 Å². The molecule has 1 heterocycles. The van der Waals surface area contributed by atoms with E-state index in [0.717, 1.165) is 4.90 Å². The van der Waals surface area contributed by atoms with Crippen LogP contribution in [0.2, 0.25) is 0 Å². The molecule has 1 atom stereocenters. The first kappa shape index (κ1) is 16.9. The summed E-state index contributed by atoms with van der Waals surface area (Å²) in [5, 5.41) is 8.92. The Balaban J connectivity index is 2.34. The van der Waals surface area contributed by atoms with E-state index in [1.54, 1.807) is 0 Å². The summed E-state index contributed by atoms with van der Waals surface area (Å²) in [5.74, 6) is -1.15. The highest BCUT2D eigenvalue weighted by atomic mass is 19.1. The number of carboxylic acids is 1. The lowest BCUT2D eigenvalue weighted by atomic mass is 10.1. The number of carbonyl (C=O) groups is 2. The average molecular weight is 327 g/mol. The van der Waals surface area contributed by atoms with Gasteiger partial charge in [-0.25, -0.2) is 9.18 Å². The predicted octanol–water partition coefficient (Wildman–Crippen LogP) is 1.35. The Hall–Kier alpha value is -2.51. The summed E-state index contributed by atoms with van der Waals surface area (Å²) < 4.78 is 29.6. The van der Waals surface area contributed by atoms with Crippen molar-refractivity contribution < 1.29 is 33.3 Å². The van der Waals surface area contributed by atoms with Crippen molar-refractivity contribution in [2.24, 2.45) is 0 Å². The van der Waals surface area contributed by atoms with Gasteiger partial charge in [-0.2, -0.15) is 0 Å². The van der Waals surface area contributed by atoms with Gasteiger partial charge in [0, 0.05) is 25.1 Å². The Labute approximate surface area is 132 Å². The number of likely N-dealkylation sites (tertiary alicyclic amines) is 1. The fourth-order valence-electron chi connectivity index (χ4n) is 2.49. The summed E-state index contributed by atoms with van der Waals surface area (Å²) in [4.78, 5) is 24.7. The lowest BCUT2D eigenvalue weighted by Crippen LogP contribution is -2.39. The Morgan fingerprint density at radius 3 is 2.17 bits per heavy atom. The smallest absolute Gasteiger partial charge is 0.343 e. The Morgan fingerprint density at radius 1 is 1.13 bits per heavy atom. The summed E-state index contributed by atoms with van der Waals surface area (Å²) in [7, 11) is 4.26. The molecule has 0 radical (unpaired) electrons. The average Bonchev–Trinajstić information content (AvgIpc) is 2.96. The Bertz CT molecular complexity index is 635. The van der Waals surface area contributed by atoms with Crippen molar-refractivity contribution >= 4 is 11.9 Å². The van der Waals surface area contributed by atoms with Gasteiger partial charge in [0.25, 0.3) is 5.91 Å². The zero-order valence-corrected chi connectivity index (χ0v) is 13.1. The van der Waals surface area contributed by atoms with Crippen LogP contribution in [0.5, 0.6) is 17.2 Å². The van der Waals surface area contributed by atoms with E-state index in [1.807, 2.05) is 0 Å². The van der Waals surface area contributed by atoms with Crippen LogP contribution in [0, 0.1) is 0 Å². The third-order valence-corrected chi connectivity index (χ3v) is 3.83. The van der Waals surface area contributed by atoms with E-state index in [-0.39, 0.29) is 24.3 Å². The van der Waals surface area contributed by atoms with Gasteiger partial charge in [0.1, 0.15) is 5.75 Å². The number of alkyl halides is 1. The molecule has 23 heavy (non-hydrogen) atoms. The molecule has 1 aromatic rings. The topological polar surface area (TPSA) is 85.3 Å². The SMILES string of the molecule is COc1cc(OC)c(C(=O)N2CCC(F)(C(=O)O)C2)cc1OC. The fraction of sp³-hybridized carbons (Fsp3) is 0.467. The zero-order valence-electron chi connectivity index (χ0n) is 13.1. The Morgan fingerprint density at radius 2 is 1.70 bits per heavy atom. The van der Waals surface area contributed by atoms with Crippen LogP contribution in [0.1, 0.15) is 16.8 Å². The number of hydrogen-bond donors (Lipinski definition) is 1. The number of benzene rings is 1. The van der Waals surface area contributed by atoms with E-state index in [0.29, 0.717) is 11.5 Å². The van der Waals surface area contributed by atoms with Crippen LogP contribution in [0.25, 0.3) is 0 Å². The second-order valence-corrected chi connectivity index (χ2v) is 5.15. The maximum Gasteiger partial charge on any atom is 0.343 e. The largest absolute Gasteiger partial charge is 0.496 e. The van der Waals surface area contributed by atoms with Gasteiger partial charge < -0.3 is 24.2 Å². The minimum atomic E-state index is -2.42. The molecule has 1 fully saturated rings. The van der Waals surface area contributed by atoms with Crippen molar-refractivity contribution in [2.75, 3.05) is 34.4 Å². The minimum Gasteiger partial charge on any atom is -0.496 e. The van der Waals surface area contributed by atoms with E-state index in [4.69, 9.17) is 19.3 Å². The highest BCUT2D eigenvalue weighted by Gasteiger charge is 2.47. The predicted molar refractivity (Wildman–Crippen MR) is 78.1 cm³/mol. The highest BCUT2D eigenvalue weighted by Crippen LogP contribution is 2.36. The van der Waals surface area contributed by atoms with Crippen LogP contribution < -0.4 is 14.2 Å². The molecule has 1 saturated heterocycles. The van der Waals surface area contributed by atoms with Crippen molar-refractivity contribution in [3.8, 4) is 17.2 Å². The van der Waals surface area contributed by atoms with Gasteiger partial charge >= 0.3 is 5.97 Å².